The molecule has 0 saturated carbocycles. The molecule has 0 spiro atoms. The van der Waals surface area contributed by atoms with Crippen molar-refractivity contribution >= 4 is 23.8 Å². The number of cyclic esters (lactones) is 1. The standard InChI is InChI=1S/C25H35N3O7/c1-5-33-23-17(13-18(29)35-23)27-22(31)16-11-12-26-19(16)20(30)21(25(2,3)4)28-24(32)34-14-15-9-7-6-8-10-15/h6-10,16-17,19,21,23,26H,5,11-14H2,1-4H3,(H,27,31)(H,28,32)/t16-,17-,19?,21+,23+/m0/s1. The van der Waals surface area contributed by atoms with Crippen molar-refractivity contribution in [2.75, 3.05) is 13.2 Å². The van der Waals surface area contributed by atoms with Gasteiger partial charge in [-0.05, 0) is 30.9 Å². The molecule has 2 heterocycles. The number of alkyl carbamates (subject to hydrolysis) is 1. The molecule has 3 N–H and O–H groups in total. The van der Waals surface area contributed by atoms with Crippen LogP contribution in [0.2, 0.25) is 0 Å². The molecular weight excluding hydrogens is 454 g/mol. The van der Waals surface area contributed by atoms with Gasteiger partial charge in [-0.25, -0.2) is 4.79 Å². The molecule has 0 radical (unpaired) electrons. The van der Waals surface area contributed by atoms with Crippen LogP contribution in [0.4, 0.5) is 4.79 Å². The summed E-state index contributed by atoms with van der Waals surface area (Å²) in [5, 5.41) is 8.62. The Hall–Kier alpha value is -2.98. The molecule has 10 nitrogen and oxygen atoms in total. The van der Waals surface area contributed by atoms with Gasteiger partial charge in [0.1, 0.15) is 12.6 Å². The molecule has 5 atom stereocenters. The fraction of sp³-hybridized carbons (Fsp3) is 0.600. The molecule has 2 aliphatic heterocycles. The first-order valence-electron chi connectivity index (χ1n) is 12.0. The normalized spacial score (nSPS) is 25.0. The van der Waals surface area contributed by atoms with Gasteiger partial charge in [0.25, 0.3) is 0 Å². The van der Waals surface area contributed by atoms with Crippen LogP contribution in [-0.4, -0.2) is 61.3 Å². The van der Waals surface area contributed by atoms with E-state index in [2.05, 4.69) is 16.0 Å². The lowest BCUT2D eigenvalue weighted by Gasteiger charge is -2.33. The molecule has 1 aromatic carbocycles. The summed E-state index contributed by atoms with van der Waals surface area (Å²) in [6, 6.07) is 6.94. The molecule has 2 fully saturated rings. The summed E-state index contributed by atoms with van der Waals surface area (Å²) in [4.78, 5) is 50.9. The fourth-order valence-corrected chi connectivity index (χ4v) is 4.32. The topological polar surface area (TPSA) is 132 Å². The first kappa shape index (κ1) is 26.6. The molecule has 0 aliphatic carbocycles. The predicted octanol–water partition coefficient (Wildman–Crippen LogP) is 1.67. The summed E-state index contributed by atoms with van der Waals surface area (Å²) in [6.07, 6.45) is -1.10. The Bertz CT molecular complexity index is 915. The second kappa shape index (κ2) is 11.6. The molecule has 10 heteroatoms. The van der Waals surface area contributed by atoms with Gasteiger partial charge in [-0.15, -0.1) is 0 Å². The van der Waals surface area contributed by atoms with Crippen molar-refractivity contribution in [2.45, 2.75) is 71.6 Å². The third kappa shape index (κ3) is 7.02. The van der Waals surface area contributed by atoms with Crippen molar-refractivity contribution in [3.8, 4) is 0 Å². The third-order valence-corrected chi connectivity index (χ3v) is 6.11. The van der Waals surface area contributed by atoms with E-state index < -0.39 is 47.8 Å². The minimum Gasteiger partial charge on any atom is -0.445 e. The smallest absolute Gasteiger partial charge is 0.408 e. The maximum Gasteiger partial charge on any atom is 0.408 e. The molecule has 2 amide bonds. The van der Waals surface area contributed by atoms with Gasteiger partial charge >= 0.3 is 12.1 Å². The quantitative estimate of drug-likeness (QED) is 0.447. The summed E-state index contributed by atoms with van der Waals surface area (Å²) in [7, 11) is 0. The zero-order valence-electron chi connectivity index (χ0n) is 20.7. The van der Waals surface area contributed by atoms with E-state index in [-0.39, 0.29) is 24.7 Å². The van der Waals surface area contributed by atoms with Crippen LogP contribution < -0.4 is 16.0 Å². The Kier molecular flexibility index (Phi) is 8.85. The Balaban J connectivity index is 1.64. The molecule has 2 aliphatic rings. The van der Waals surface area contributed by atoms with Gasteiger partial charge < -0.3 is 30.2 Å². The third-order valence-electron chi connectivity index (χ3n) is 6.11. The minimum absolute atomic E-state index is 0.00853. The number of ether oxygens (including phenoxy) is 3. The van der Waals surface area contributed by atoms with Gasteiger partial charge in [-0.1, -0.05) is 51.1 Å². The fourth-order valence-electron chi connectivity index (χ4n) is 4.32. The van der Waals surface area contributed by atoms with Gasteiger partial charge in [0.05, 0.1) is 24.4 Å². The van der Waals surface area contributed by atoms with Crippen molar-refractivity contribution in [1.82, 2.24) is 16.0 Å². The van der Waals surface area contributed by atoms with E-state index in [4.69, 9.17) is 14.2 Å². The lowest BCUT2D eigenvalue weighted by molar-refractivity contribution is -0.164. The molecule has 0 aromatic heterocycles. The Morgan fingerprint density at radius 1 is 1.20 bits per heavy atom. The van der Waals surface area contributed by atoms with E-state index in [1.165, 1.54) is 0 Å². The Labute approximate surface area is 205 Å². The number of nitrogens with one attached hydrogen (secondary N) is 3. The number of carbonyl (C=O) groups excluding carboxylic acids is 4. The van der Waals surface area contributed by atoms with Crippen LogP contribution in [0.15, 0.2) is 30.3 Å². The second-order valence-electron chi connectivity index (χ2n) is 9.87. The average molecular weight is 490 g/mol. The maximum atomic E-state index is 13.6. The highest BCUT2D eigenvalue weighted by Gasteiger charge is 2.46. The molecule has 3 rings (SSSR count). The number of Topliss-reactive ketones (excluding diaryl/α,β-unsaturated/α-hetero) is 1. The van der Waals surface area contributed by atoms with Crippen molar-refractivity contribution in [3.63, 3.8) is 0 Å². The average Bonchev–Trinajstić information content (AvgIpc) is 3.42. The van der Waals surface area contributed by atoms with E-state index in [1.807, 2.05) is 51.1 Å². The molecule has 2 saturated heterocycles. The lowest BCUT2D eigenvalue weighted by Crippen LogP contribution is -2.57. The minimum atomic E-state index is -0.885. The van der Waals surface area contributed by atoms with E-state index in [0.717, 1.165) is 5.56 Å². The SMILES string of the molecule is CCO[C@@H]1OC(=O)C[C@@H]1NC(=O)[C@H]1CCNC1C(=O)[C@@H](NC(=O)OCc1ccccc1)C(C)(C)C. The molecule has 1 unspecified atom stereocenters. The highest BCUT2D eigenvalue weighted by Crippen LogP contribution is 2.27. The summed E-state index contributed by atoms with van der Waals surface area (Å²) in [5.74, 6) is -1.77. The highest BCUT2D eigenvalue weighted by molar-refractivity contribution is 5.97. The summed E-state index contributed by atoms with van der Waals surface area (Å²) in [5.41, 5.74) is 0.204. The van der Waals surface area contributed by atoms with Gasteiger partial charge in [0.15, 0.2) is 5.78 Å². The molecule has 192 valence electrons. The summed E-state index contributed by atoms with van der Waals surface area (Å²) < 4.78 is 15.8. The number of esters is 1. The van der Waals surface area contributed by atoms with E-state index in [9.17, 15) is 19.2 Å². The van der Waals surface area contributed by atoms with E-state index in [0.29, 0.717) is 19.6 Å². The van der Waals surface area contributed by atoms with Crippen LogP contribution in [-0.2, 0) is 35.2 Å². The Morgan fingerprint density at radius 3 is 2.57 bits per heavy atom. The molecular formula is C25H35N3O7. The number of carbonyl (C=O) groups is 4. The van der Waals surface area contributed by atoms with Crippen molar-refractivity contribution in [2.24, 2.45) is 11.3 Å². The molecule has 0 bridgehead atoms. The highest BCUT2D eigenvalue weighted by atomic mass is 16.7. The summed E-state index contributed by atoms with van der Waals surface area (Å²) >= 11 is 0. The first-order chi connectivity index (χ1) is 16.6. The molecule has 35 heavy (non-hydrogen) atoms. The van der Waals surface area contributed by atoms with Crippen LogP contribution in [0.5, 0.6) is 0 Å². The maximum absolute atomic E-state index is 13.6. The van der Waals surface area contributed by atoms with Crippen LogP contribution in [0, 0.1) is 11.3 Å². The van der Waals surface area contributed by atoms with Crippen LogP contribution in [0.1, 0.15) is 46.1 Å². The summed E-state index contributed by atoms with van der Waals surface area (Å²) in [6.45, 7) is 8.16. The van der Waals surface area contributed by atoms with Gasteiger partial charge in [-0.2, -0.15) is 0 Å². The van der Waals surface area contributed by atoms with E-state index in [1.54, 1.807) is 6.92 Å². The van der Waals surface area contributed by atoms with Crippen LogP contribution >= 0.6 is 0 Å². The van der Waals surface area contributed by atoms with Crippen molar-refractivity contribution in [1.29, 1.82) is 0 Å². The predicted molar refractivity (Wildman–Crippen MR) is 126 cm³/mol. The zero-order chi connectivity index (χ0) is 25.6. The second-order valence-corrected chi connectivity index (χ2v) is 9.87. The Morgan fingerprint density at radius 2 is 1.91 bits per heavy atom. The van der Waals surface area contributed by atoms with Gasteiger partial charge in [0.2, 0.25) is 12.2 Å². The number of amides is 2. The lowest BCUT2D eigenvalue weighted by atomic mass is 9.80. The van der Waals surface area contributed by atoms with Crippen molar-refractivity contribution < 1.29 is 33.4 Å². The number of benzene rings is 1. The van der Waals surface area contributed by atoms with Crippen molar-refractivity contribution in [3.05, 3.63) is 35.9 Å². The number of ketones is 1. The monoisotopic (exact) mass is 489 g/mol. The number of rotatable bonds is 9. The zero-order valence-corrected chi connectivity index (χ0v) is 20.7. The number of hydrogen-bond acceptors (Lipinski definition) is 8. The van der Waals surface area contributed by atoms with Gasteiger partial charge in [0, 0.05) is 6.61 Å². The molecule has 1 aromatic rings. The van der Waals surface area contributed by atoms with Gasteiger partial charge in [-0.3, -0.25) is 14.4 Å². The largest absolute Gasteiger partial charge is 0.445 e. The van der Waals surface area contributed by atoms with E-state index >= 15 is 0 Å². The first-order valence-corrected chi connectivity index (χ1v) is 12.0. The number of hydrogen-bond donors (Lipinski definition) is 3. The van der Waals surface area contributed by atoms with Crippen LogP contribution in [0.25, 0.3) is 0 Å². The van der Waals surface area contributed by atoms with Crippen LogP contribution in [0.3, 0.4) is 0 Å².